The molecule has 0 aliphatic heterocycles. The molecule has 1 aromatic carbocycles. The number of fused-ring (bicyclic) bond motifs is 3. The summed E-state index contributed by atoms with van der Waals surface area (Å²) in [5.74, 6) is 0.709. The van der Waals surface area contributed by atoms with E-state index in [1.165, 1.54) is 0 Å². The van der Waals surface area contributed by atoms with Crippen molar-refractivity contribution in [2.45, 2.75) is 0 Å². The van der Waals surface area contributed by atoms with Crippen LogP contribution in [0.4, 0.5) is 0 Å². The molecule has 102 valence electrons. The van der Waals surface area contributed by atoms with E-state index in [0.29, 0.717) is 27.7 Å². The number of imidazole rings is 1. The lowest BCUT2D eigenvalue weighted by molar-refractivity contribution is 1.06. The van der Waals surface area contributed by atoms with Gasteiger partial charge >= 0.3 is 0 Å². The summed E-state index contributed by atoms with van der Waals surface area (Å²) < 4.78 is 1.79. The Labute approximate surface area is 124 Å². The second-order valence-corrected chi connectivity index (χ2v) is 5.12. The number of aromatic nitrogens is 4. The first-order valence-corrected chi connectivity index (χ1v) is 6.78. The van der Waals surface area contributed by atoms with Crippen LogP contribution in [-0.2, 0) is 0 Å². The molecule has 0 fully saturated rings. The molecule has 0 aliphatic rings. The zero-order valence-electron chi connectivity index (χ0n) is 10.8. The Hall–Kier alpha value is -2.66. The largest absolute Gasteiger partial charge is 0.334 e. The summed E-state index contributed by atoms with van der Waals surface area (Å²) in [7, 11) is 0. The highest BCUT2D eigenvalue weighted by Gasteiger charge is 2.10. The Balaban J connectivity index is 2.11. The van der Waals surface area contributed by atoms with Gasteiger partial charge in [0, 0.05) is 11.8 Å². The highest BCUT2D eigenvalue weighted by atomic mass is 35.5. The van der Waals surface area contributed by atoms with Crippen molar-refractivity contribution in [1.82, 2.24) is 19.4 Å². The normalized spacial score (nSPS) is 11.3. The SMILES string of the molecule is N=c1nc2ccc(Cl)cn2c2nc(-c3ccccc3)[nH]c12. The van der Waals surface area contributed by atoms with Crippen molar-refractivity contribution in [3.63, 3.8) is 0 Å². The van der Waals surface area contributed by atoms with Gasteiger partial charge in [0.25, 0.3) is 0 Å². The molecule has 6 heteroatoms. The van der Waals surface area contributed by atoms with Gasteiger partial charge in [-0.1, -0.05) is 41.9 Å². The van der Waals surface area contributed by atoms with Crippen molar-refractivity contribution in [2.24, 2.45) is 0 Å². The van der Waals surface area contributed by atoms with E-state index in [4.69, 9.17) is 17.0 Å². The van der Waals surface area contributed by atoms with Crippen LogP contribution < -0.4 is 5.49 Å². The average molecular weight is 296 g/mol. The van der Waals surface area contributed by atoms with E-state index in [1.54, 1.807) is 22.7 Å². The Kier molecular flexibility index (Phi) is 2.55. The maximum atomic E-state index is 8.05. The number of H-pyrrole nitrogens is 1. The van der Waals surface area contributed by atoms with Gasteiger partial charge in [-0.2, -0.15) is 0 Å². The molecular weight excluding hydrogens is 286 g/mol. The molecule has 3 aromatic heterocycles. The van der Waals surface area contributed by atoms with Gasteiger partial charge < -0.3 is 4.98 Å². The first-order valence-electron chi connectivity index (χ1n) is 6.40. The third-order valence-corrected chi connectivity index (χ3v) is 3.54. The van der Waals surface area contributed by atoms with Crippen molar-refractivity contribution >= 4 is 28.4 Å². The third kappa shape index (κ3) is 1.90. The summed E-state index contributed by atoms with van der Waals surface area (Å²) in [5, 5.41) is 8.64. The Morgan fingerprint density at radius 2 is 1.86 bits per heavy atom. The molecule has 0 aliphatic carbocycles. The second-order valence-electron chi connectivity index (χ2n) is 4.69. The number of aromatic amines is 1. The predicted octanol–water partition coefficient (Wildman–Crippen LogP) is 3.01. The number of hydrogen-bond acceptors (Lipinski definition) is 3. The summed E-state index contributed by atoms with van der Waals surface area (Å²) in [4.78, 5) is 12.0. The molecule has 4 rings (SSSR count). The molecule has 0 saturated heterocycles. The van der Waals surface area contributed by atoms with Crippen LogP contribution in [0.1, 0.15) is 0 Å². The van der Waals surface area contributed by atoms with Gasteiger partial charge in [0.15, 0.2) is 11.1 Å². The third-order valence-electron chi connectivity index (χ3n) is 3.31. The van der Waals surface area contributed by atoms with Gasteiger partial charge in [0.1, 0.15) is 17.0 Å². The molecule has 0 unspecified atom stereocenters. The van der Waals surface area contributed by atoms with Crippen molar-refractivity contribution in [3.05, 3.63) is 59.2 Å². The first kappa shape index (κ1) is 12.1. The fraction of sp³-hybridized carbons (Fsp3) is 0. The van der Waals surface area contributed by atoms with Gasteiger partial charge in [-0.15, -0.1) is 0 Å². The van der Waals surface area contributed by atoms with E-state index in [1.807, 2.05) is 30.3 Å². The number of nitrogens with one attached hydrogen (secondary N) is 2. The number of nitrogens with zero attached hydrogens (tertiary/aromatic N) is 3. The van der Waals surface area contributed by atoms with Gasteiger partial charge in [0.05, 0.1) is 5.02 Å². The van der Waals surface area contributed by atoms with Crippen LogP contribution in [0.5, 0.6) is 0 Å². The highest BCUT2D eigenvalue weighted by Crippen LogP contribution is 2.19. The summed E-state index contributed by atoms with van der Waals surface area (Å²) in [6, 6.07) is 13.3. The monoisotopic (exact) mass is 295 g/mol. The van der Waals surface area contributed by atoms with E-state index < -0.39 is 0 Å². The molecule has 0 spiro atoms. The maximum Gasteiger partial charge on any atom is 0.174 e. The molecule has 2 N–H and O–H groups in total. The molecule has 0 bridgehead atoms. The van der Waals surface area contributed by atoms with Crippen LogP contribution in [0.25, 0.3) is 28.2 Å². The van der Waals surface area contributed by atoms with Crippen LogP contribution in [0, 0.1) is 5.41 Å². The van der Waals surface area contributed by atoms with Crippen molar-refractivity contribution < 1.29 is 0 Å². The van der Waals surface area contributed by atoms with E-state index in [2.05, 4.69) is 15.0 Å². The van der Waals surface area contributed by atoms with E-state index in [9.17, 15) is 0 Å². The van der Waals surface area contributed by atoms with Crippen molar-refractivity contribution in [3.8, 4) is 11.4 Å². The molecule has 0 saturated carbocycles. The summed E-state index contributed by atoms with van der Waals surface area (Å²) in [5.41, 5.74) is 3.01. The molecule has 21 heavy (non-hydrogen) atoms. The quantitative estimate of drug-likeness (QED) is 0.567. The number of rotatable bonds is 1. The Bertz CT molecular complexity index is 1020. The smallest absolute Gasteiger partial charge is 0.174 e. The Morgan fingerprint density at radius 3 is 2.67 bits per heavy atom. The Morgan fingerprint density at radius 1 is 1.05 bits per heavy atom. The molecule has 0 atom stereocenters. The number of benzene rings is 1. The van der Waals surface area contributed by atoms with Crippen molar-refractivity contribution in [2.75, 3.05) is 0 Å². The molecular formula is C15H10ClN5. The summed E-state index contributed by atoms with van der Waals surface area (Å²) in [6.07, 6.45) is 1.75. The molecule has 0 amide bonds. The van der Waals surface area contributed by atoms with Gasteiger partial charge in [-0.05, 0) is 12.1 Å². The highest BCUT2D eigenvalue weighted by molar-refractivity contribution is 6.30. The second kappa shape index (κ2) is 4.43. The molecule has 0 radical (unpaired) electrons. The van der Waals surface area contributed by atoms with E-state index in [0.717, 1.165) is 5.56 Å². The minimum Gasteiger partial charge on any atom is -0.334 e. The standard InChI is InChI=1S/C15H10ClN5/c16-10-6-7-11-18-13(17)12-15(21(11)8-10)20-14(19-12)9-4-2-1-3-5-9/h1-8,17H,(H,19,20). The molecule has 3 heterocycles. The lowest BCUT2D eigenvalue weighted by Crippen LogP contribution is -2.10. The number of hydrogen-bond donors (Lipinski definition) is 2. The topological polar surface area (TPSA) is 69.8 Å². The predicted molar refractivity (Wildman–Crippen MR) is 81.1 cm³/mol. The van der Waals surface area contributed by atoms with Crippen molar-refractivity contribution in [1.29, 1.82) is 5.41 Å². The minimum absolute atomic E-state index is 0.169. The number of halogens is 1. The molecule has 4 aromatic rings. The van der Waals surface area contributed by atoms with Crippen LogP contribution in [0.15, 0.2) is 48.7 Å². The minimum atomic E-state index is 0.169. The summed E-state index contributed by atoms with van der Waals surface area (Å²) in [6.45, 7) is 0. The van der Waals surface area contributed by atoms with Crippen LogP contribution in [-0.4, -0.2) is 19.4 Å². The van der Waals surface area contributed by atoms with Gasteiger partial charge in [-0.3, -0.25) is 9.81 Å². The zero-order chi connectivity index (χ0) is 14.4. The molecule has 5 nitrogen and oxygen atoms in total. The fourth-order valence-electron chi connectivity index (χ4n) is 2.33. The van der Waals surface area contributed by atoms with Crippen LogP contribution in [0.2, 0.25) is 5.02 Å². The average Bonchev–Trinajstić information content (AvgIpc) is 2.95. The zero-order valence-corrected chi connectivity index (χ0v) is 11.6. The van der Waals surface area contributed by atoms with E-state index >= 15 is 0 Å². The lowest BCUT2D eigenvalue weighted by Gasteiger charge is -2.01. The van der Waals surface area contributed by atoms with Gasteiger partial charge in [-0.25, -0.2) is 9.97 Å². The fourth-order valence-corrected chi connectivity index (χ4v) is 2.49. The van der Waals surface area contributed by atoms with Crippen LogP contribution in [0.3, 0.4) is 0 Å². The first-order chi connectivity index (χ1) is 10.2. The maximum absolute atomic E-state index is 8.05. The van der Waals surface area contributed by atoms with Crippen LogP contribution >= 0.6 is 11.6 Å². The van der Waals surface area contributed by atoms with E-state index in [-0.39, 0.29) is 5.49 Å². The van der Waals surface area contributed by atoms with Gasteiger partial charge in [0.2, 0.25) is 0 Å². The summed E-state index contributed by atoms with van der Waals surface area (Å²) >= 11 is 6.05. The lowest BCUT2D eigenvalue weighted by atomic mass is 10.2. The number of pyridine rings is 1.